The summed E-state index contributed by atoms with van der Waals surface area (Å²) < 4.78 is 0. The first-order valence-corrected chi connectivity index (χ1v) is 8.19. The van der Waals surface area contributed by atoms with Crippen LogP contribution in [-0.4, -0.2) is 63.5 Å². The Hall–Kier alpha value is -3.03. The summed E-state index contributed by atoms with van der Waals surface area (Å²) in [6, 6.07) is 3.51. The number of piperazine rings is 1. The third-order valence-corrected chi connectivity index (χ3v) is 3.88. The maximum absolute atomic E-state index is 12.8. The second-order valence-corrected chi connectivity index (χ2v) is 5.72. The molecule has 1 saturated heterocycles. The molecule has 25 heavy (non-hydrogen) atoms. The van der Waals surface area contributed by atoms with Crippen LogP contribution >= 0.6 is 0 Å². The number of carbonyl (C=O) groups excluding carboxylic acids is 1. The molecule has 1 aliphatic rings. The first-order valence-electron chi connectivity index (χ1n) is 8.19. The summed E-state index contributed by atoms with van der Waals surface area (Å²) in [6.45, 7) is 8.66. The Bertz CT molecular complexity index is 742. The minimum Gasteiger partial charge on any atom is -0.351 e. The number of rotatable bonds is 5. The van der Waals surface area contributed by atoms with E-state index < -0.39 is 0 Å². The summed E-state index contributed by atoms with van der Waals surface area (Å²) in [4.78, 5) is 33.8. The highest BCUT2D eigenvalue weighted by atomic mass is 16.2. The number of aryl methyl sites for hydroxylation is 1. The summed E-state index contributed by atoms with van der Waals surface area (Å²) in [6.07, 6.45) is 5.17. The molecule has 0 aromatic carbocycles. The van der Waals surface area contributed by atoms with Crippen molar-refractivity contribution in [2.75, 3.05) is 42.9 Å². The van der Waals surface area contributed by atoms with Crippen molar-refractivity contribution in [2.45, 2.75) is 6.92 Å². The van der Waals surface area contributed by atoms with Crippen molar-refractivity contribution in [3.8, 4) is 0 Å². The van der Waals surface area contributed by atoms with Gasteiger partial charge in [0, 0.05) is 50.8 Å². The summed E-state index contributed by atoms with van der Waals surface area (Å²) in [7, 11) is 0. The smallest absolute Gasteiger partial charge is 0.272 e. The standard InChI is InChI=1S/C17H21N7O/c1-3-5-18-16-21-13(2)12-14(22-16)15(25)23-8-10-24(11-9-23)17-19-6-4-7-20-17/h3-4,6-7,12H,1,5,8-11H2,2H3,(H,18,21,22). The molecule has 1 amide bonds. The molecule has 0 bridgehead atoms. The predicted octanol–water partition coefficient (Wildman–Crippen LogP) is 1.14. The van der Waals surface area contributed by atoms with Gasteiger partial charge < -0.3 is 15.1 Å². The second kappa shape index (κ2) is 7.69. The Kier molecular flexibility index (Phi) is 5.17. The van der Waals surface area contributed by atoms with Gasteiger partial charge in [0.2, 0.25) is 11.9 Å². The van der Waals surface area contributed by atoms with Crippen molar-refractivity contribution in [3.05, 3.63) is 48.6 Å². The lowest BCUT2D eigenvalue weighted by Gasteiger charge is -2.34. The minimum absolute atomic E-state index is 0.0826. The van der Waals surface area contributed by atoms with Gasteiger partial charge in [0.1, 0.15) is 5.69 Å². The number of carbonyl (C=O) groups is 1. The molecule has 0 spiro atoms. The summed E-state index contributed by atoms with van der Waals surface area (Å²) in [5, 5.41) is 3.03. The first kappa shape index (κ1) is 16.8. The van der Waals surface area contributed by atoms with Crippen LogP contribution < -0.4 is 10.2 Å². The molecule has 0 radical (unpaired) electrons. The van der Waals surface area contributed by atoms with Crippen LogP contribution in [0.1, 0.15) is 16.2 Å². The molecule has 0 aliphatic carbocycles. The Balaban J connectivity index is 1.66. The fourth-order valence-electron chi connectivity index (χ4n) is 2.65. The van der Waals surface area contributed by atoms with Crippen LogP contribution in [0.25, 0.3) is 0 Å². The lowest BCUT2D eigenvalue weighted by atomic mass is 10.2. The van der Waals surface area contributed by atoms with Crippen molar-refractivity contribution in [1.29, 1.82) is 0 Å². The van der Waals surface area contributed by atoms with Gasteiger partial charge in [0.05, 0.1) is 0 Å². The molecule has 0 unspecified atom stereocenters. The zero-order valence-electron chi connectivity index (χ0n) is 14.2. The normalized spacial score (nSPS) is 14.3. The fourth-order valence-corrected chi connectivity index (χ4v) is 2.65. The third-order valence-electron chi connectivity index (χ3n) is 3.88. The number of amides is 1. The lowest BCUT2D eigenvalue weighted by molar-refractivity contribution is 0.0740. The van der Waals surface area contributed by atoms with Crippen molar-refractivity contribution >= 4 is 17.8 Å². The zero-order valence-corrected chi connectivity index (χ0v) is 14.2. The van der Waals surface area contributed by atoms with Crippen LogP contribution in [0.5, 0.6) is 0 Å². The highest BCUT2D eigenvalue weighted by Crippen LogP contribution is 2.13. The molecule has 8 nitrogen and oxygen atoms in total. The number of aromatic nitrogens is 4. The molecule has 1 N–H and O–H groups in total. The predicted molar refractivity (Wildman–Crippen MR) is 95.6 cm³/mol. The van der Waals surface area contributed by atoms with E-state index in [-0.39, 0.29) is 5.91 Å². The van der Waals surface area contributed by atoms with Gasteiger partial charge in [-0.1, -0.05) is 6.08 Å². The molecule has 3 rings (SSSR count). The summed E-state index contributed by atoms with van der Waals surface area (Å²) in [5.41, 5.74) is 1.16. The Morgan fingerprint density at radius 2 is 1.96 bits per heavy atom. The number of nitrogens with zero attached hydrogens (tertiary/aromatic N) is 6. The van der Waals surface area contributed by atoms with Gasteiger partial charge in [-0.05, 0) is 19.1 Å². The van der Waals surface area contributed by atoms with E-state index in [0.29, 0.717) is 50.3 Å². The monoisotopic (exact) mass is 339 g/mol. The van der Waals surface area contributed by atoms with E-state index in [0.717, 1.165) is 5.69 Å². The van der Waals surface area contributed by atoms with E-state index in [1.165, 1.54) is 0 Å². The van der Waals surface area contributed by atoms with Gasteiger partial charge >= 0.3 is 0 Å². The maximum Gasteiger partial charge on any atom is 0.272 e. The molecular weight excluding hydrogens is 318 g/mol. The molecule has 1 aliphatic heterocycles. The molecule has 130 valence electrons. The minimum atomic E-state index is -0.0826. The molecule has 2 aromatic heterocycles. The first-order chi connectivity index (χ1) is 12.2. The van der Waals surface area contributed by atoms with Crippen molar-refractivity contribution in [3.63, 3.8) is 0 Å². The van der Waals surface area contributed by atoms with Crippen LogP contribution in [0, 0.1) is 6.92 Å². The molecule has 0 atom stereocenters. The Morgan fingerprint density at radius 1 is 1.24 bits per heavy atom. The van der Waals surface area contributed by atoms with Crippen molar-refractivity contribution in [1.82, 2.24) is 24.8 Å². The topological polar surface area (TPSA) is 87.1 Å². The van der Waals surface area contributed by atoms with Gasteiger partial charge in [0.15, 0.2) is 0 Å². The van der Waals surface area contributed by atoms with E-state index in [2.05, 4.69) is 36.7 Å². The van der Waals surface area contributed by atoms with Crippen LogP contribution in [0.15, 0.2) is 37.2 Å². The Morgan fingerprint density at radius 3 is 2.64 bits per heavy atom. The van der Waals surface area contributed by atoms with Crippen LogP contribution in [0.4, 0.5) is 11.9 Å². The SMILES string of the molecule is C=CCNc1nc(C)cc(C(=O)N2CCN(c3ncccn3)CC2)n1. The second-order valence-electron chi connectivity index (χ2n) is 5.72. The average Bonchev–Trinajstić information content (AvgIpc) is 2.66. The van der Waals surface area contributed by atoms with Gasteiger partial charge in [0.25, 0.3) is 5.91 Å². The number of hydrogen-bond acceptors (Lipinski definition) is 7. The van der Waals surface area contributed by atoms with Crippen LogP contribution in [0.2, 0.25) is 0 Å². The van der Waals surface area contributed by atoms with E-state index in [9.17, 15) is 4.79 Å². The Labute approximate surface area is 146 Å². The highest BCUT2D eigenvalue weighted by Gasteiger charge is 2.24. The zero-order chi connectivity index (χ0) is 17.6. The number of nitrogens with one attached hydrogen (secondary N) is 1. The molecule has 3 heterocycles. The molecule has 8 heteroatoms. The van der Waals surface area contributed by atoms with E-state index in [1.54, 1.807) is 35.5 Å². The van der Waals surface area contributed by atoms with Crippen molar-refractivity contribution in [2.24, 2.45) is 0 Å². The van der Waals surface area contributed by atoms with Gasteiger partial charge in [-0.25, -0.2) is 19.9 Å². The van der Waals surface area contributed by atoms with Crippen molar-refractivity contribution < 1.29 is 4.79 Å². The molecule has 0 saturated carbocycles. The van der Waals surface area contributed by atoms with E-state index >= 15 is 0 Å². The molecular formula is C17H21N7O. The lowest BCUT2D eigenvalue weighted by Crippen LogP contribution is -2.49. The van der Waals surface area contributed by atoms with E-state index in [1.807, 2.05) is 6.92 Å². The van der Waals surface area contributed by atoms with Gasteiger partial charge in [-0.2, -0.15) is 0 Å². The maximum atomic E-state index is 12.8. The van der Waals surface area contributed by atoms with E-state index in [4.69, 9.17) is 0 Å². The summed E-state index contributed by atoms with van der Waals surface area (Å²) in [5.74, 6) is 1.06. The highest BCUT2D eigenvalue weighted by molar-refractivity contribution is 5.92. The third kappa shape index (κ3) is 4.09. The van der Waals surface area contributed by atoms with Crippen LogP contribution in [-0.2, 0) is 0 Å². The van der Waals surface area contributed by atoms with Gasteiger partial charge in [-0.3, -0.25) is 4.79 Å². The number of hydrogen-bond donors (Lipinski definition) is 1. The van der Waals surface area contributed by atoms with Gasteiger partial charge in [-0.15, -0.1) is 6.58 Å². The van der Waals surface area contributed by atoms with Crippen LogP contribution in [0.3, 0.4) is 0 Å². The fraction of sp³-hybridized carbons (Fsp3) is 0.353. The number of anilines is 2. The largest absolute Gasteiger partial charge is 0.351 e. The quantitative estimate of drug-likeness (QED) is 0.817. The molecule has 2 aromatic rings. The summed E-state index contributed by atoms with van der Waals surface area (Å²) >= 11 is 0. The average molecular weight is 339 g/mol. The molecule has 1 fully saturated rings.